The molecule has 0 spiro atoms. The third kappa shape index (κ3) is 4.40. The fourth-order valence-electron chi connectivity index (χ4n) is 3.54. The van der Waals surface area contributed by atoms with Gasteiger partial charge < -0.3 is 19.7 Å². The van der Waals surface area contributed by atoms with Crippen LogP contribution in [0.2, 0.25) is 0 Å². The molecule has 2 aliphatic rings. The maximum atomic E-state index is 14.2. The Morgan fingerprint density at radius 1 is 1.32 bits per heavy atom. The summed E-state index contributed by atoms with van der Waals surface area (Å²) in [6.07, 6.45) is -3.60. The SMILES string of the molecule is CCOC(=O)C(F)(F)ON1C(=O)N2C[C@@H]1c1cnn(C)c1C2CNC(=O)OC(C)(C)C. The molecule has 1 aromatic rings. The molecule has 1 saturated heterocycles. The average Bonchev–Trinajstić information content (AvgIpc) is 3.15. The van der Waals surface area contributed by atoms with Crippen molar-refractivity contribution in [1.82, 2.24) is 25.1 Å². The summed E-state index contributed by atoms with van der Waals surface area (Å²) in [5.74, 6) is -1.89. The number of alkyl halides is 2. The fourth-order valence-corrected chi connectivity index (χ4v) is 3.54. The number of aromatic nitrogens is 2. The molecule has 11 nitrogen and oxygen atoms in total. The molecule has 0 saturated carbocycles. The van der Waals surface area contributed by atoms with Crippen molar-refractivity contribution in [3.63, 3.8) is 0 Å². The number of carbonyl (C=O) groups excluding carboxylic acids is 3. The van der Waals surface area contributed by atoms with E-state index in [1.54, 1.807) is 27.8 Å². The standard InChI is InChI=1S/C18H25F2N5O6/c1-6-29-14(26)18(19,20)31-25-12-9-24(16(25)28)11(13-10(12)7-22-23(13)5)8-21-15(27)30-17(2,3)4/h7,11-12H,6,8-9H2,1-5H3,(H,21,27)/t11?,12-/m1/s1. The van der Waals surface area contributed by atoms with Crippen LogP contribution in [0.5, 0.6) is 0 Å². The van der Waals surface area contributed by atoms with Gasteiger partial charge in [-0.15, -0.1) is 0 Å². The molecule has 172 valence electrons. The summed E-state index contributed by atoms with van der Waals surface area (Å²) < 4.78 is 39.4. The van der Waals surface area contributed by atoms with Crippen molar-refractivity contribution < 1.29 is 37.5 Å². The molecule has 1 N–H and O–H groups in total. The Bertz CT molecular complexity index is 883. The van der Waals surface area contributed by atoms with E-state index in [0.717, 1.165) is 0 Å². The minimum Gasteiger partial charge on any atom is -0.460 e. The summed E-state index contributed by atoms with van der Waals surface area (Å²) >= 11 is 0. The fraction of sp³-hybridized carbons (Fsp3) is 0.667. The van der Waals surface area contributed by atoms with Crippen LogP contribution in [0.25, 0.3) is 0 Å². The van der Waals surface area contributed by atoms with Crippen LogP contribution in [0.1, 0.15) is 51.0 Å². The predicted molar refractivity (Wildman–Crippen MR) is 99.5 cm³/mol. The van der Waals surface area contributed by atoms with E-state index in [0.29, 0.717) is 16.3 Å². The van der Waals surface area contributed by atoms with E-state index in [9.17, 15) is 23.2 Å². The zero-order chi connectivity index (χ0) is 23.1. The number of hydrogen-bond acceptors (Lipinski definition) is 7. The van der Waals surface area contributed by atoms with Gasteiger partial charge in [-0.05, 0) is 27.7 Å². The predicted octanol–water partition coefficient (Wildman–Crippen LogP) is 1.87. The number of hydroxylamine groups is 2. The molecule has 1 fully saturated rings. The number of nitrogens with zero attached hydrogens (tertiary/aromatic N) is 4. The largest absolute Gasteiger partial charge is 0.477 e. The number of hydrogen-bond donors (Lipinski definition) is 1. The Hall–Kier alpha value is -2.96. The second-order valence-corrected chi connectivity index (χ2v) is 8.11. The number of aryl methyl sites for hydroxylation is 1. The summed E-state index contributed by atoms with van der Waals surface area (Å²) in [5, 5.41) is 7.20. The maximum absolute atomic E-state index is 14.2. The lowest BCUT2D eigenvalue weighted by molar-refractivity contribution is -0.330. The Kier molecular flexibility index (Phi) is 5.82. The molecule has 3 rings (SSSR count). The van der Waals surface area contributed by atoms with Crippen molar-refractivity contribution in [3.05, 3.63) is 17.5 Å². The normalized spacial score (nSPS) is 20.5. The van der Waals surface area contributed by atoms with E-state index < -0.39 is 41.9 Å². The first kappa shape index (κ1) is 22.7. The number of ether oxygens (including phenoxy) is 2. The van der Waals surface area contributed by atoms with Crippen molar-refractivity contribution in [2.24, 2.45) is 7.05 Å². The number of carbonyl (C=O) groups is 3. The summed E-state index contributed by atoms with van der Waals surface area (Å²) in [4.78, 5) is 42.3. The van der Waals surface area contributed by atoms with E-state index in [4.69, 9.17) is 4.74 Å². The molecule has 2 aliphatic heterocycles. The molecule has 1 unspecified atom stereocenters. The number of alkyl carbamates (subject to hydrolysis) is 1. The van der Waals surface area contributed by atoms with Crippen LogP contribution in [0.15, 0.2) is 6.20 Å². The molecule has 0 aliphatic carbocycles. The lowest BCUT2D eigenvalue weighted by atomic mass is 9.98. The maximum Gasteiger partial charge on any atom is 0.477 e. The number of rotatable bonds is 6. The topological polar surface area (TPSA) is 115 Å². The summed E-state index contributed by atoms with van der Waals surface area (Å²) in [5.41, 5.74) is 0.304. The highest BCUT2D eigenvalue weighted by atomic mass is 19.3. The van der Waals surface area contributed by atoms with Gasteiger partial charge in [0.05, 0.1) is 31.1 Å². The molecule has 0 aromatic carbocycles. The van der Waals surface area contributed by atoms with Crippen LogP contribution in [0, 0.1) is 0 Å². The minimum absolute atomic E-state index is 0.0110. The number of urea groups is 1. The number of amides is 3. The van der Waals surface area contributed by atoms with Crippen LogP contribution in [0.3, 0.4) is 0 Å². The molecule has 2 atom stereocenters. The van der Waals surface area contributed by atoms with Crippen LogP contribution in [-0.2, 0) is 26.2 Å². The number of halogens is 2. The third-order valence-electron chi connectivity index (χ3n) is 4.72. The first-order valence-corrected chi connectivity index (χ1v) is 9.68. The quantitative estimate of drug-likeness (QED) is 0.665. The molecule has 2 bridgehead atoms. The molecule has 0 radical (unpaired) electrons. The van der Waals surface area contributed by atoms with Gasteiger partial charge in [-0.2, -0.15) is 23.8 Å². The molecule has 1 aromatic heterocycles. The smallest absolute Gasteiger partial charge is 0.460 e. The highest BCUT2D eigenvalue weighted by Gasteiger charge is 2.55. The highest BCUT2D eigenvalue weighted by Crippen LogP contribution is 2.44. The Labute approximate surface area is 177 Å². The lowest BCUT2D eigenvalue weighted by Crippen LogP contribution is -2.44. The molecule has 3 amide bonds. The highest BCUT2D eigenvalue weighted by molar-refractivity contribution is 5.80. The molecular weight excluding hydrogens is 420 g/mol. The Balaban J connectivity index is 1.83. The van der Waals surface area contributed by atoms with Gasteiger partial charge in [0, 0.05) is 19.2 Å². The van der Waals surface area contributed by atoms with Crippen LogP contribution in [-0.4, -0.2) is 69.2 Å². The molecule has 31 heavy (non-hydrogen) atoms. The van der Waals surface area contributed by atoms with Gasteiger partial charge in [-0.1, -0.05) is 0 Å². The second-order valence-electron chi connectivity index (χ2n) is 8.11. The Morgan fingerprint density at radius 2 is 2.00 bits per heavy atom. The van der Waals surface area contributed by atoms with Gasteiger partial charge in [0.25, 0.3) is 0 Å². The van der Waals surface area contributed by atoms with E-state index in [2.05, 4.69) is 20.0 Å². The molecule has 3 heterocycles. The van der Waals surface area contributed by atoms with Crippen molar-refractivity contribution in [1.29, 1.82) is 0 Å². The van der Waals surface area contributed by atoms with Crippen molar-refractivity contribution in [2.75, 3.05) is 19.7 Å². The van der Waals surface area contributed by atoms with Crippen LogP contribution < -0.4 is 5.32 Å². The van der Waals surface area contributed by atoms with E-state index >= 15 is 0 Å². The van der Waals surface area contributed by atoms with E-state index in [-0.39, 0.29) is 19.7 Å². The number of fused-ring (bicyclic) bond motifs is 4. The second kappa shape index (κ2) is 7.94. The first-order valence-electron chi connectivity index (χ1n) is 9.68. The summed E-state index contributed by atoms with van der Waals surface area (Å²) in [7, 11) is 1.63. The van der Waals surface area contributed by atoms with E-state index in [1.807, 2.05) is 0 Å². The van der Waals surface area contributed by atoms with E-state index in [1.165, 1.54) is 22.7 Å². The van der Waals surface area contributed by atoms with Crippen LogP contribution in [0.4, 0.5) is 18.4 Å². The zero-order valence-corrected chi connectivity index (χ0v) is 17.8. The van der Waals surface area contributed by atoms with Gasteiger partial charge in [0.2, 0.25) is 0 Å². The molecular formula is C18H25F2N5O6. The Morgan fingerprint density at radius 3 is 2.61 bits per heavy atom. The minimum atomic E-state index is -4.35. The van der Waals surface area contributed by atoms with Crippen LogP contribution >= 0.6 is 0 Å². The average molecular weight is 445 g/mol. The number of nitrogens with one attached hydrogen (secondary N) is 1. The monoisotopic (exact) mass is 445 g/mol. The molecule has 13 heteroatoms. The summed E-state index contributed by atoms with van der Waals surface area (Å²) in [6, 6.07) is -2.49. The van der Waals surface area contributed by atoms with Gasteiger partial charge >= 0.3 is 24.2 Å². The van der Waals surface area contributed by atoms with Crippen molar-refractivity contribution in [3.8, 4) is 0 Å². The van der Waals surface area contributed by atoms with Gasteiger partial charge in [-0.25, -0.2) is 14.4 Å². The van der Waals surface area contributed by atoms with Gasteiger partial charge in [-0.3, -0.25) is 4.68 Å². The summed E-state index contributed by atoms with van der Waals surface area (Å²) in [6.45, 7) is 6.20. The zero-order valence-electron chi connectivity index (χ0n) is 17.8. The van der Waals surface area contributed by atoms with Gasteiger partial charge in [0.1, 0.15) is 11.6 Å². The number of esters is 1. The lowest BCUT2D eigenvalue weighted by Gasteiger charge is -2.31. The van der Waals surface area contributed by atoms with Crippen molar-refractivity contribution in [2.45, 2.75) is 51.5 Å². The third-order valence-corrected chi connectivity index (χ3v) is 4.72. The van der Waals surface area contributed by atoms with Crippen molar-refractivity contribution >= 4 is 18.1 Å². The van der Waals surface area contributed by atoms with Gasteiger partial charge in [0.15, 0.2) is 0 Å². The first-order chi connectivity index (χ1) is 14.4.